The second kappa shape index (κ2) is 67.6. The van der Waals surface area contributed by atoms with E-state index in [1.807, 2.05) is 6.08 Å². The Labute approximate surface area is 487 Å². The molecule has 0 saturated carbocycles. The lowest BCUT2D eigenvalue weighted by Crippen LogP contribution is -2.45. The Kier molecular flexibility index (Phi) is 65.9. The molecule has 0 aliphatic rings. The van der Waals surface area contributed by atoms with Gasteiger partial charge in [0.25, 0.3) is 0 Å². The summed E-state index contributed by atoms with van der Waals surface area (Å²) in [6.07, 6.45) is 86.7. The first-order chi connectivity index (χ1) is 38.5. The number of esters is 1. The summed E-state index contributed by atoms with van der Waals surface area (Å²) in [5.41, 5.74) is 0. The zero-order valence-corrected chi connectivity index (χ0v) is 52.7. The van der Waals surface area contributed by atoms with Gasteiger partial charge in [0.05, 0.1) is 25.4 Å². The molecule has 0 fully saturated rings. The first-order valence-corrected chi connectivity index (χ1v) is 35.3. The molecule has 0 radical (unpaired) electrons. The minimum absolute atomic E-state index is 0.0158. The number of hydrogen-bond donors (Lipinski definition) is 3. The van der Waals surface area contributed by atoms with Crippen molar-refractivity contribution < 1.29 is 24.5 Å². The molecule has 6 heteroatoms. The Bertz CT molecular complexity index is 1260. The zero-order chi connectivity index (χ0) is 56.4. The number of amides is 1. The first kappa shape index (κ1) is 76.1. The van der Waals surface area contributed by atoms with Crippen molar-refractivity contribution in [2.45, 2.75) is 398 Å². The molecule has 0 aromatic rings. The topological polar surface area (TPSA) is 95.9 Å². The Morgan fingerprint density at radius 2 is 0.603 bits per heavy atom. The van der Waals surface area contributed by atoms with Crippen molar-refractivity contribution >= 4 is 11.9 Å². The van der Waals surface area contributed by atoms with Crippen LogP contribution >= 0.6 is 0 Å². The first-order valence-electron chi connectivity index (χ1n) is 35.3. The van der Waals surface area contributed by atoms with Crippen LogP contribution in [0.15, 0.2) is 36.5 Å². The quantitative estimate of drug-likeness (QED) is 0.0320. The standard InChI is InChI=1S/C72H137NO5/c1-3-5-7-9-11-13-15-16-17-18-37-40-43-46-50-54-58-62-66-72(77)78-67-63-59-55-51-47-44-41-38-35-33-31-29-27-25-23-21-19-20-22-24-26-28-30-32-34-36-39-42-45-49-53-57-61-65-71(76)73-69(68-74)70(75)64-60-56-52-48-14-12-10-8-6-4-2/h17-18,23,25,60,64,69-70,74-75H,3-16,19-22,24,26-59,61-63,65-68H2,1-2H3,(H,73,76)/b18-17-,25-23-,64-60+. The number of ether oxygens (including phenoxy) is 1. The van der Waals surface area contributed by atoms with Crippen LogP contribution in [0.25, 0.3) is 0 Å². The van der Waals surface area contributed by atoms with E-state index in [9.17, 15) is 19.8 Å². The van der Waals surface area contributed by atoms with Crippen LogP contribution in [0.5, 0.6) is 0 Å². The maximum absolute atomic E-state index is 12.4. The van der Waals surface area contributed by atoms with Gasteiger partial charge in [0.1, 0.15) is 0 Å². The minimum atomic E-state index is -0.840. The van der Waals surface area contributed by atoms with E-state index >= 15 is 0 Å². The highest BCUT2D eigenvalue weighted by Crippen LogP contribution is 2.18. The van der Waals surface area contributed by atoms with E-state index < -0.39 is 12.1 Å². The highest BCUT2D eigenvalue weighted by Gasteiger charge is 2.18. The second-order valence-corrected chi connectivity index (χ2v) is 24.2. The number of nitrogens with one attached hydrogen (secondary N) is 1. The molecule has 460 valence electrons. The molecule has 0 spiro atoms. The normalized spacial score (nSPS) is 12.7. The third-order valence-corrected chi connectivity index (χ3v) is 16.4. The lowest BCUT2D eigenvalue weighted by molar-refractivity contribution is -0.143. The third kappa shape index (κ3) is 63.3. The van der Waals surface area contributed by atoms with Crippen molar-refractivity contribution in [3.63, 3.8) is 0 Å². The Balaban J connectivity index is 3.33. The average molecular weight is 1100 g/mol. The van der Waals surface area contributed by atoms with E-state index in [1.54, 1.807) is 6.08 Å². The summed E-state index contributed by atoms with van der Waals surface area (Å²) < 4.78 is 5.51. The van der Waals surface area contributed by atoms with Crippen molar-refractivity contribution in [2.75, 3.05) is 13.2 Å². The summed E-state index contributed by atoms with van der Waals surface area (Å²) in [5.74, 6) is -0.0498. The van der Waals surface area contributed by atoms with Gasteiger partial charge in [-0.2, -0.15) is 0 Å². The molecule has 0 aromatic carbocycles. The average Bonchev–Trinajstić information content (AvgIpc) is 3.44. The van der Waals surface area contributed by atoms with E-state index in [0.29, 0.717) is 19.4 Å². The van der Waals surface area contributed by atoms with Crippen LogP contribution in [0.3, 0.4) is 0 Å². The smallest absolute Gasteiger partial charge is 0.305 e. The summed E-state index contributed by atoms with van der Waals surface area (Å²) in [6, 6.07) is -0.624. The van der Waals surface area contributed by atoms with Gasteiger partial charge >= 0.3 is 5.97 Å². The molecule has 0 heterocycles. The summed E-state index contributed by atoms with van der Waals surface area (Å²) in [6.45, 7) is 4.91. The maximum Gasteiger partial charge on any atom is 0.305 e. The molecule has 0 aromatic heterocycles. The highest BCUT2D eigenvalue weighted by atomic mass is 16.5. The van der Waals surface area contributed by atoms with Gasteiger partial charge in [0.15, 0.2) is 0 Å². The van der Waals surface area contributed by atoms with Gasteiger partial charge in [0, 0.05) is 12.8 Å². The van der Waals surface area contributed by atoms with Crippen LogP contribution in [-0.4, -0.2) is 47.4 Å². The number of aliphatic hydroxyl groups is 2. The minimum Gasteiger partial charge on any atom is -0.466 e. The van der Waals surface area contributed by atoms with E-state index in [1.165, 1.54) is 315 Å². The zero-order valence-electron chi connectivity index (χ0n) is 52.7. The molecule has 2 atom stereocenters. The monoisotopic (exact) mass is 1100 g/mol. The van der Waals surface area contributed by atoms with Gasteiger partial charge in [0.2, 0.25) is 5.91 Å². The van der Waals surface area contributed by atoms with Gasteiger partial charge in [-0.1, -0.05) is 326 Å². The number of aliphatic hydroxyl groups excluding tert-OH is 2. The third-order valence-electron chi connectivity index (χ3n) is 16.4. The molecule has 3 N–H and O–H groups in total. The molecule has 0 saturated heterocycles. The molecule has 2 unspecified atom stereocenters. The summed E-state index contributed by atoms with van der Waals surface area (Å²) in [4.78, 5) is 24.5. The van der Waals surface area contributed by atoms with Gasteiger partial charge in [-0.3, -0.25) is 9.59 Å². The fourth-order valence-electron chi connectivity index (χ4n) is 11.0. The molecular formula is C72H137NO5. The maximum atomic E-state index is 12.4. The fraction of sp³-hybridized carbons (Fsp3) is 0.889. The lowest BCUT2D eigenvalue weighted by Gasteiger charge is -2.20. The molecule has 1 amide bonds. The lowest BCUT2D eigenvalue weighted by atomic mass is 10.0. The van der Waals surface area contributed by atoms with Crippen molar-refractivity contribution in [1.82, 2.24) is 5.32 Å². The molecule has 0 bridgehead atoms. The van der Waals surface area contributed by atoms with Crippen LogP contribution in [0, 0.1) is 0 Å². The van der Waals surface area contributed by atoms with Crippen LogP contribution in [-0.2, 0) is 14.3 Å². The Morgan fingerprint density at radius 3 is 0.910 bits per heavy atom. The molecule has 0 aliphatic carbocycles. The molecule has 6 nitrogen and oxygen atoms in total. The van der Waals surface area contributed by atoms with Gasteiger partial charge in [-0.15, -0.1) is 0 Å². The Hall–Kier alpha value is -1.92. The number of rotatable bonds is 66. The van der Waals surface area contributed by atoms with Crippen molar-refractivity contribution in [2.24, 2.45) is 0 Å². The predicted octanol–water partition coefficient (Wildman–Crippen LogP) is 22.7. The molecule has 0 aliphatic heterocycles. The van der Waals surface area contributed by atoms with E-state index in [2.05, 4.69) is 43.5 Å². The summed E-state index contributed by atoms with van der Waals surface area (Å²) in [7, 11) is 0. The number of unbranched alkanes of at least 4 members (excludes halogenated alkanes) is 51. The van der Waals surface area contributed by atoms with Gasteiger partial charge in [-0.05, 0) is 83.5 Å². The molecule has 78 heavy (non-hydrogen) atoms. The van der Waals surface area contributed by atoms with Crippen LogP contribution in [0.1, 0.15) is 386 Å². The number of hydrogen-bond acceptors (Lipinski definition) is 5. The van der Waals surface area contributed by atoms with Crippen molar-refractivity contribution in [1.29, 1.82) is 0 Å². The largest absolute Gasteiger partial charge is 0.466 e. The van der Waals surface area contributed by atoms with Crippen molar-refractivity contribution in [3.05, 3.63) is 36.5 Å². The van der Waals surface area contributed by atoms with E-state index in [0.717, 1.165) is 44.9 Å². The summed E-state index contributed by atoms with van der Waals surface area (Å²) >= 11 is 0. The number of carbonyl (C=O) groups is 2. The second-order valence-electron chi connectivity index (χ2n) is 24.2. The van der Waals surface area contributed by atoms with Crippen LogP contribution < -0.4 is 5.32 Å². The van der Waals surface area contributed by atoms with E-state index in [4.69, 9.17) is 4.74 Å². The molecular weight excluding hydrogens is 959 g/mol. The summed E-state index contributed by atoms with van der Waals surface area (Å²) in [5, 5.41) is 23.0. The Morgan fingerprint density at radius 1 is 0.346 bits per heavy atom. The number of allylic oxidation sites excluding steroid dienone is 5. The number of carbonyl (C=O) groups excluding carboxylic acids is 2. The van der Waals surface area contributed by atoms with E-state index in [-0.39, 0.29) is 18.5 Å². The highest BCUT2D eigenvalue weighted by molar-refractivity contribution is 5.76. The van der Waals surface area contributed by atoms with Gasteiger partial charge < -0.3 is 20.3 Å². The van der Waals surface area contributed by atoms with Crippen LogP contribution in [0.4, 0.5) is 0 Å². The van der Waals surface area contributed by atoms with Crippen LogP contribution in [0.2, 0.25) is 0 Å². The SMILES string of the molecule is CCCCCCCCC/C=C\CCCCCCCCCC(=O)OCCCCCCCCCCCCCC/C=C\CCCCCCCCCCCCCCCCCCCC(=O)NC(CO)C(O)/C=C/CCCCCCCCCC. The van der Waals surface area contributed by atoms with Gasteiger partial charge in [-0.25, -0.2) is 0 Å². The predicted molar refractivity (Wildman–Crippen MR) is 343 cm³/mol. The fourth-order valence-corrected chi connectivity index (χ4v) is 11.0. The van der Waals surface area contributed by atoms with Crippen molar-refractivity contribution in [3.8, 4) is 0 Å². The molecule has 0 rings (SSSR count).